The van der Waals surface area contributed by atoms with E-state index >= 15 is 0 Å². The first-order valence-corrected chi connectivity index (χ1v) is 12.3. The summed E-state index contributed by atoms with van der Waals surface area (Å²) in [7, 11) is 0. The van der Waals surface area contributed by atoms with E-state index in [1.807, 2.05) is 17.5 Å². The molecule has 6 nitrogen and oxygen atoms in total. The van der Waals surface area contributed by atoms with Crippen LogP contribution >= 0.6 is 22.7 Å². The van der Waals surface area contributed by atoms with Gasteiger partial charge in [-0.3, -0.25) is 14.6 Å². The lowest BCUT2D eigenvalue weighted by atomic mass is 9.86. The first-order chi connectivity index (χ1) is 15.1. The van der Waals surface area contributed by atoms with Crippen LogP contribution in [0, 0.1) is 12.8 Å². The molecule has 0 aliphatic heterocycles. The summed E-state index contributed by atoms with van der Waals surface area (Å²) >= 11 is 3.29. The number of nitrogens with one attached hydrogen (secondary N) is 3. The molecule has 31 heavy (non-hydrogen) atoms. The van der Waals surface area contributed by atoms with E-state index in [2.05, 4.69) is 33.6 Å². The van der Waals surface area contributed by atoms with Crippen molar-refractivity contribution in [2.24, 2.45) is 5.92 Å². The quantitative estimate of drug-likeness (QED) is 0.404. The molecule has 0 atom stereocenters. The minimum absolute atomic E-state index is 0.0332. The van der Waals surface area contributed by atoms with Crippen LogP contribution < -0.4 is 10.6 Å². The zero-order valence-corrected chi connectivity index (χ0v) is 18.9. The Bertz CT molecular complexity index is 1220. The van der Waals surface area contributed by atoms with E-state index in [0.717, 1.165) is 46.0 Å². The van der Waals surface area contributed by atoms with Gasteiger partial charge in [0.25, 0.3) is 11.8 Å². The maximum Gasteiger partial charge on any atom is 0.267 e. The van der Waals surface area contributed by atoms with Crippen LogP contribution in [0.2, 0.25) is 0 Å². The van der Waals surface area contributed by atoms with Crippen molar-refractivity contribution in [3.05, 3.63) is 52.1 Å². The maximum absolute atomic E-state index is 12.6. The van der Waals surface area contributed by atoms with Crippen molar-refractivity contribution >= 4 is 54.8 Å². The standard InChI is InChI=1S/C23H24N4O2S2/c1-13-8-18-20(31-13)9-19(27-18)23(29)26-15-4-2-14(3-5-15)10-25-22(28)17-11-24-12-21-16(17)6-7-30-21/h6-9,11-12,14-15,27H,2-5,10H2,1H3,(H,25,28)(H,26,29). The molecule has 5 rings (SSSR count). The second-order valence-corrected chi connectivity index (χ2v) is 10.5. The van der Waals surface area contributed by atoms with E-state index in [1.165, 1.54) is 4.88 Å². The number of aryl methyl sites for hydroxylation is 1. The van der Waals surface area contributed by atoms with Gasteiger partial charge in [-0.25, -0.2) is 0 Å². The highest BCUT2D eigenvalue weighted by Gasteiger charge is 2.24. The van der Waals surface area contributed by atoms with Gasteiger partial charge in [-0.15, -0.1) is 22.7 Å². The van der Waals surface area contributed by atoms with Gasteiger partial charge in [0.05, 0.1) is 20.5 Å². The van der Waals surface area contributed by atoms with Crippen molar-refractivity contribution in [2.75, 3.05) is 6.54 Å². The molecule has 0 spiro atoms. The van der Waals surface area contributed by atoms with Gasteiger partial charge >= 0.3 is 0 Å². The molecule has 1 saturated carbocycles. The van der Waals surface area contributed by atoms with Crippen molar-refractivity contribution in [1.29, 1.82) is 0 Å². The highest BCUT2D eigenvalue weighted by Crippen LogP contribution is 2.27. The number of aromatic nitrogens is 2. The lowest BCUT2D eigenvalue weighted by Crippen LogP contribution is -2.39. The Morgan fingerprint density at radius 1 is 1.13 bits per heavy atom. The van der Waals surface area contributed by atoms with Crippen LogP contribution in [0.25, 0.3) is 20.3 Å². The summed E-state index contributed by atoms with van der Waals surface area (Å²) in [6.07, 6.45) is 7.28. The molecule has 3 N–H and O–H groups in total. The monoisotopic (exact) mass is 452 g/mol. The summed E-state index contributed by atoms with van der Waals surface area (Å²) in [5.41, 5.74) is 2.30. The second-order valence-electron chi connectivity index (χ2n) is 8.24. The molecule has 0 radical (unpaired) electrons. The Hall–Kier alpha value is -2.71. The fourth-order valence-electron chi connectivity index (χ4n) is 4.35. The van der Waals surface area contributed by atoms with Gasteiger partial charge in [0.15, 0.2) is 0 Å². The largest absolute Gasteiger partial charge is 0.352 e. The minimum atomic E-state index is -0.0612. The van der Waals surface area contributed by atoms with Crippen LogP contribution in [0.3, 0.4) is 0 Å². The summed E-state index contributed by atoms with van der Waals surface area (Å²) < 4.78 is 2.15. The zero-order chi connectivity index (χ0) is 21.4. The third-order valence-corrected chi connectivity index (χ3v) is 7.88. The molecule has 2 amide bonds. The normalized spacial score (nSPS) is 19.0. The van der Waals surface area contributed by atoms with Gasteiger partial charge < -0.3 is 15.6 Å². The molecular formula is C23H24N4O2S2. The lowest BCUT2D eigenvalue weighted by Gasteiger charge is -2.29. The molecule has 1 fully saturated rings. The summed E-state index contributed by atoms with van der Waals surface area (Å²) in [6.45, 7) is 2.73. The Kier molecular flexibility index (Phi) is 5.50. The predicted octanol–water partition coefficient (Wildman–Crippen LogP) is 4.87. The van der Waals surface area contributed by atoms with Crippen LogP contribution in [0.4, 0.5) is 0 Å². The number of H-pyrrole nitrogens is 1. The molecule has 0 unspecified atom stereocenters. The average Bonchev–Trinajstić information content (AvgIpc) is 3.47. The summed E-state index contributed by atoms with van der Waals surface area (Å²) in [4.78, 5) is 33.9. The summed E-state index contributed by atoms with van der Waals surface area (Å²) in [6, 6.07) is 6.17. The van der Waals surface area contributed by atoms with E-state index in [-0.39, 0.29) is 17.9 Å². The zero-order valence-electron chi connectivity index (χ0n) is 17.2. The van der Waals surface area contributed by atoms with Gasteiger partial charge in [0.2, 0.25) is 0 Å². The van der Waals surface area contributed by atoms with Crippen LogP contribution in [0.1, 0.15) is 51.4 Å². The number of amides is 2. The van der Waals surface area contributed by atoms with E-state index in [1.54, 1.807) is 35.1 Å². The fraction of sp³-hybridized carbons (Fsp3) is 0.348. The molecule has 0 aromatic carbocycles. The SMILES string of the molecule is Cc1cc2[nH]c(C(=O)NC3CCC(CNC(=O)c4cncc5sccc45)CC3)cc2s1. The van der Waals surface area contributed by atoms with E-state index in [4.69, 9.17) is 0 Å². The molecule has 1 aliphatic rings. The van der Waals surface area contributed by atoms with E-state index in [9.17, 15) is 9.59 Å². The van der Waals surface area contributed by atoms with Crippen molar-refractivity contribution in [3.63, 3.8) is 0 Å². The first-order valence-electron chi connectivity index (χ1n) is 10.6. The minimum Gasteiger partial charge on any atom is -0.352 e. The third-order valence-electron chi connectivity index (χ3n) is 6.03. The number of pyridine rings is 1. The highest BCUT2D eigenvalue weighted by atomic mass is 32.1. The van der Waals surface area contributed by atoms with Crippen LogP contribution in [-0.2, 0) is 0 Å². The Balaban J connectivity index is 1.11. The summed E-state index contributed by atoms with van der Waals surface area (Å²) in [5.74, 6) is 0.341. The molecule has 160 valence electrons. The maximum atomic E-state index is 12.6. The molecule has 1 aliphatic carbocycles. The van der Waals surface area contributed by atoms with Crippen LogP contribution in [0.15, 0.2) is 36.0 Å². The molecule has 0 bridgehead atoms. The van der Waals surface area contributed by atoms with Crippen molar-refractivity contribution in [1.82, 2.24) is 20.6 Å². The molecule has 4 heterocycles. The smallest absolute Gasteiger partial charge is 0.267 e. The lowest BCUT2D eigenvalue weighted by molar-refractivity contribution is 0.0916. The molecular weight excluding hydrogens is 428 g/mol. The number of fused-ring (bicyclic) bond motifs is 2. The number of rotatable bonds is 5. The number of nitrogens with zero attached hydrogens (tertiary/aromatic N) is 1. The predicted molar refractivity (Wildman–Crippen MR) is 126 cm³/mol. The number of hydrogen-bond acceptors (Lipinski definition) is 5. The number of hydrogen-bond donors (Lipinski definition) is 3. The molecule has 8 heteroatoms. The summed E-state index contributed by atoms with van der Waals surface area (Å²) in [5, 5.41) is 9.20. The topological polar surface area (TPSA) is 86.9 Å². The van der Waals surface area contributed by atoms with Crippen molar-refractivity contribution < 1.29 is 9.59 Å². The van der Waals surface area contributed by atoms with E-state index in [0.29, 0.717) is 23.7 Å². The number of carbonyl (C=O) groups is 2. The number of carbonyl (C=O) groups excluding carboxylic acids is 2. The Morgan fingerprint density at radius 3 is 2.77 bits per heavy atom. The Morgan fingerprint density at radius 2 is 1.97 bits per heavy atom. The van der Waals surface area contributed by atoms with Crippen molar-refractivity contribution in [2.45, 2.75) is 38.6 Å². The van der Waals surface area contributed by atoms with Crippen LogP contribution in [0.5, 0.6) is 0 Å². The Labute approximate surface area is 188 Å². The highest BCUT2D eigenvalue weighted by molar-refractivity contribution is 7.19. The molecule has 4 aromatic rings. The second kappa shape index (κ2) is 8.43. The molecule has 4 aromatic heterocycles. The molecule has 0 saturated heterocycles. The van der Waals surface area contributed by atoms with Crippen LogP contribution in [-0.4, -0.2) is 34.4 Å². The van der Waals surface area contributed by atoms with Crippen molar-refractivity contribution in [3.8, 4) is 0 Å². The first kappa shape index (κ1) is 20.2. The van der Waals surface area contributed by atoms with Gasteiger partial charge in [-0.05, 0) is 62.1 Å². The van der Waals surface area contributed by atoms with Gasteiger partial charge in [-0.1, -0.05) is 0 Å². The number of aromatic amines is 1. The number of thiophene rings is 2. The van der Waals surface area contributed by atoms with Gasteiger partial charge in [-0.2, -0.15) is 0 Å². The van der Waals surface area contributed by atoms with E-state index < -0.39 is 0 Å². The van der Waals surface area contributed by atoms with Gasteiger partial charge in [0.1, 0.15) is 5.69 Å². The third kappa shape index (κ3) is 4.22. The fourth-order valence-corrected chi connectivity index (χ4v) is 6.05. The van der Waals surface area contributed by atoms with Gasteiger partial charge in [0, 0.05) is 35.2 Å². The average molecular weight is 453 g/mol.